The lowest BCUT2D eigenvalue weighted by atomic mass is 10.1. The monoisotopic (exact) mass is 434 g/mol. The van der Waals surface area contributed by atoms with E-state index in [-0.39, 0.29) is 11.3 Å². The molecule has 0 fully saturated rings. The molecule has 166 valence electrons. The predicted molar refractivity (Wildman–Crippen MR) is 110 cm³/mol. The highest BCUT2D eigenvalue weighted by Crippen LogP contribution is 2.14. The number of carbonyl (C=O) groups excluding carboxylic acids is 3. The summed E-state index contributed by atoms with van der Waals surface area (Å²) in [6, 6.07) is 9.20. The number of ether oxygens (including phenoxy) is 2. The third kappa shape index (κ3) is 8.41. The van der Waals surface area contributed by atoms with Crippen molar-refractivity contribution in [3.63, 3.8) is 0 Å². The zero-order valence-corrected chi connectivity index (χ0v) is 17.2. The Morgan fingerprint density at radius 1 is 0.968 bits per heavy atom. The molecule has 0 aliphatic rings. The largest absolute Gasteiger partial charge is 0.494 e. The van der Waals surface area contributed by atoms with Gasteiger partial charge in [-0.25, -0.2) is 13.6 Å². The number of esters is 1. The van der Waals surface area contributed by atoms with E-state index >= 15 is 0 Å². The van der Waals surface area contributed by atoms with Crippen molar-refractivity contribution in [2.45, 2.75) is 20.3 Å². The molecule has 0 saturated heterocycles. The van der Waals surface area contributed by atoms with Crippen molar-refractivity contribution in [3.8, 4) is 5.75 Å². The van der Waals surface area contributed by atoms with Gasteiger partial charge in [0.05, 0.1) is 18.7 Å². The highest BCUT2D eigenvalue weighted by atomic mass is 19.2. The van der Waals surface area contributed by atoms with Crippen LogP contribution >= 0.6 is 0 Å². The molecule has 0 aliphatic heterocycles. The maximum atomic E-state index is 13.1. The van der Waals surface area contributed by atoms with E-state index in [2.05, 4.69) is 24.5 Å². The average molecular weight is 434 g/mol. The van der Waals surface area contributed by atoms with Gasteiger partial charge < -0.3 is 20.1 Å². The summed E-state index contributed by atoms with van der Waals surface area (Å²) in [6.45, 7) is 3.75. The summed E-state index contributed by atoms with van der Waals surface area (Å²) in [5.41, 5.74) is 0.293. The van der Waals surface area contributed by atoms with Crippen LogP contribution in [0.1, 0.15) is 30.6 Å². The van der Waals surface area contributed by atoms with Gasteiger partial charge in [0.15, 0.2) is 18.2 Å². The molecule has 31 heavy (non-hydrogen) atoms. The van der Waals surface area contributed by atoms with Gasteiger partial charge in [-0.05, 0) is 48.7 Å². The Kier molecular flexibility index (Phi) is 8.93. The maximum absolute atomic E-state index is 13.1. The molecule has 0 atom stereocenters. The zero-order chi connectivity index (χ0) is 22.8. The Morgan fingerprint density at radius 3 is 2.32 bits per heavy atom. The minimum absolute atomic E-state index is 0.0428. The summed E-state index contributed by atoms with van der Waals surface area (Å²) >= 11 is 0. The molecular formula is C22H24F2N2O5. The molecule has 7 nitrogen and oxygen atoms in total. The molecular weight excluding hydrogens is 410 g/mol. The van der Waals surface area contributed by atoms with E-state index < -0.39 is 42.6 Å². The van der Waals surface area contributed by atoms with Gasteiger partial charge in [-0.15, -0.1) is 0 Å². The average Bonchev–Trinajstić information content (AvgIpc) is 2.73. The van der Waals surface area contributed by atoms with E-state index in [1.807, 2.05) is 0 Å². The van der Waals surface area contributed by atoms with Crippen molar-refractivity contribution >= 4 is 23.5 Å². The first kappa shape index (κ1) is 23.8. The van der Waals surface area contributed by atoms with E-state index in [0.717, 1.165) is 18.6 Å². The number of halogens is 2. The van der Waals surface area contributed by atoms with Gasteiger partial charge in [0.2, 0.25) is 5.91 Å². The molecule has 0 saturated carbocycles. The fourth-order valence-electron chi connectivity index (χ4n) is 2.32. The quantitative estimate of drug-likeness (QED) is 0.560. The van der Waals surface area contributed by atoms with E-state index in [1.165, 1.54) is 18.2 Å². The molecule has 0 spiro atoms. The van der Waals surface area contributed by atoms with Crippen molar-refractivity contribution in [3.05, 3.63) is 59.7 Å². The number of hydrogen-bond donors (Lipinski definition) is 2. The van der Waals surface area contributed by atoms with Crippen molar-refractivity contribution in [1.29, 1.82) is 0 Å². The number of nitrogens with one attached hydrogen (secondary N) is 2. The summed E-state index contributed by atoms with van der Waals surface area (Å²) in [7, 11) is 0. The predicted octanol–water partition coefficient (Wildman–Crippen LogP) is 3.30. The van der Waals surface area contributed by atoms with Gasteiger partial charge in [-0.3, -0.25) is 9.59 Å². The third-order valence-corrected chi connectivity index (χ3v) is 4.04. The second kappa shape index (κ2) is 11.6. The highest BCUT2D eigenvalue weighted by molar-refractivity contribution is 5.95. The molecule has 0 aromatic heterocycles. The first-order chi connectivity index (χ1) is 14.7. The van der Waals surface area contributed by atoms with Crippen LogP contribution in [0, 0.1) is 17.6 Å². The van der Waals surface area contributed by atoms with Gasteiger partial charge in [0.1, 0.15) is 5.75 Å². The summed E-state index contributed by atoms with van der Waals surface area (Å²) in [5.74, 6) is -3.04. The minimum Gasteiger partial charge on any atom is -0.494 e. The smallest absolute Gasteiger partial charge is 0.338 e. The molecule has 9 heteroatoms. The second-order valence-electron chi connectivity index (χ2n) is 7.09. The van der Waals surface area contributed by atoms with Crippen LogP contribution in [0.15, 0.2) is 42.5 Å². The Hall–Kier alpha value is -3.49. The lowest BCUT2D eigenvalue weighted by molar-refractivity contribution is -0.126. The van der Waals surface area contributed by atoms with E-state index in [4.69, 9.17) is 9.47 Å². The summed E-state index contributed by atoms with van der Waals surface area (Å²) in [5, 5.41) is 4.56. The van der Waals surface area contributed by atoms with Crippen LogP contribution in [-0.4, -0.2) is 37.5 Å². The lowest BCUT2D eigenvalue weighted by Crippen LogP contribution is -2.35. The van der Waals surface area contributed by atoms with Gasteiger partial charge in [-0.2, -0.15) is 0 Å². The first-order valence-electron chi connectivity index (χ1n) is 9.66. The normalized spacial score (nSPS) is 10.5. The van der Waals surface area contributed by atoms with E-state index in [0.29, 0.717) is 18.3 Å². The molecule has 0 radical (unpaired) electrons. The Balaban J connectivity index is 1.70. The van der Waals surface area contributed by atoms with Crippen LogP contribution in [0.2, 0.25) is 0 Å². The van der Waals surface area contributed by atoms with Crippen molar-refractivity contribution in [2.75, 3.05) is 25.1 Å². The molecule has 0 unspecified atom stereocenters. The molecule has 2 aromatic carbocycles. The van der Waals surface area contributed by atoms with Crippen LogP contribution in [-0.2, 0) is 14.3 Å². The Labute approximate surface area is 178 Å². The molecule has 2 aromatic rings. The van der Waals surface area contributed by atoms with Gasteiger partial charge in [-0.1, -0.05) is 13.8 Å². The van der Waals surface area contributed by atoms with Crippen LogP contribution < -0.4 is 15.4 Å². The maximum Gasteiger partial charge on any atom is 0.338 e. The number of benzene rings is 2. The van der Waals surface area contributed by atoms with Crippen LogP contribution in [0.5, 0.6) is 5.75 Å². The van der Waals surface area contributed by atoms with Crippen LogP contribution in [0.25, 0.3) is 0 Å². The Bertz CT molecular complexity index is 917. The highest BCUT2D eigenvalue weighted by Gasteiger charge is 2.12. The number of hydrogen-bond acceptors (Lipinski definition) is 5. The van der Waals surface area contributed by atoms with Crippen molar-refractivity contribution in [1.82, 2.24) is 5.32 Å². The molecule has 0 heterocycles. The number of anilines is 1. The van der Waals surface area contributed by atoms with Gasteiger partial charge >= 0.3 is 5.97 Å². The summed E-state index contributed by atoms with van der Waals surface area (Å²) in [6.07, 6.45) is 0.914. The summed E-state index contributed by atoms with van der Waals surface area (Å²) < 4.78 is 36.5. The molecule has 0 bridgehead atoms. The van der Waals surface area contributed by atoms with Crippen molar-refractivity contribution in [2.24, 2.45) is 5.92 Å². The van der Waals surface area contributed by atoms with E-state index in [9.17, 15) is 23.2 Å². The second-order valence-corrected chi connectivity index (χ2v) is 7.09. The minimum atomic E-state index is -1.11. The fourth-order valence-corrected chi connectivity index (χ4v) is 2.32. The standard InChI is InChI=1S/C22H24F2N2O5/c1-14(2)9-10-30-17-6-3-15(4-7-17)22(29)31-13-21(28)25-12-20(27)26-16-5-8-18(23)19(24)11-16/h3-8,11,14H,9-10,12-13H2,1-2H3,(H,25,28)(H,26,27). The van der Waals surface area contributed by atoms with Crippen LogP contribution in [0.3, 0.4) is 0 Å². The van der Waals surface area contributed by atoms with E-state index in [1.54, 1.807) is 12.1 Å². The fraction of sp³-hybridized carbons (Fsp3) is 0.318. The molecule has 2 amide bonds. The number of rotatable bonds is 10. The summed E-state index contributed by atoms with van der Waals surface area (Å²) in [4.78, 5) is 35.5. The number of amides is 2. The van der Waals surface area contributed by atoms with Crippen molar-refractivity contribution < 1.29 is 32.6 Å². The third-order valence-electron chi connectivity index (χ3n) is 4.04. The zero-order valence-electron chi connectivity index (χ0n) is 17.2. The lowest BCUT2D eigenvalue weighted by Gasteiger charge is -2.09. The first-order valence-corrected chi connectivity index (χ1v) is 9.66. The van der Waals surface area contributed by atoms with Gasteiger partial charge in [0, 0.05) is 11.8 Å². The number of carbonyl (C=O) groups is 3. The Morgan fingerprint density at radius 2 is 1.68 bits per heavy atom. The van der Waals surface area contributed by atoms with Crippen LogP contribution in [0.4, 0.5) is 14.5 Å². The molecule has 2 rings (SSSR count). The topological polar surface area (TPSA) is 93.7 Å². The molecule has 2 N–H and O–H groups in total. The molecule has 0 aliphatic carbocycles. The SMILES string of the molecule is CC(C)CCOc1ccc(C(=O)OCC(=O)NCC(=O)Nc2ccc(F)c(F)c2)cc1. The van der Waals surface area contributed by atoms with Gasteiger partial charge in [0.25, 0.3) is 5.91 Å².